The van der Waals surface area contributed by atoms with Crippen LogP contribution in [0.5, 0.6) is 5.75 Å². The van der Waals surface area contributed by atoms with Crippen LogP contribution in [0.1, 0.15) is 20.3 Å². The predicted molar refractivity (Wildman–Crippen MR) is 67.2 cm³/mol. The lowest BCUT2D eigenvalue weighted by Gasteiger charge is -2.37. The van der Waals surface area contributed by atoms with Crippen LogP contribution in [0, 0.1) is 0 Å². The maximum atomic E-state index is 9.05. The highest BCUT2D eigenvalue weighted by atomic mass is 16.5. The Hall–Kier alpha value is -1.22. The number of hydrogen-bond acceptors (Lipinski definition) is 3. The first-order valence-electron chi connectivity index (χ1n) is 5.50. The van der Waals surface area contributed by atoms with Gasteiger partial charge in [0.15, 0.2) is 0 Å². The van der Waals surface area contributed by atoms with E-state index in [1.165, 1.54) is 0 Å². The van der Waals surface area contributed by atoms with Crippen molar-refractivity contribution in [1.82, 2.24) is 0 Å². The lowest BCUT2D eigenvalue weighted by atomic mass is 9.98. The Kier molecular flexibility index (Phi) is 4.19. The summed E-state index contributed by atoms with van der Waals surface area (Å²) >= 11 is 0. The smallest absolute Gasteiger partial charge is 0.120 e. The summed E-state index contributed by atoms with van der Waals surface area (Å²) < 4.78 is 5.20. The molecule has 3 nitrogen and oxygen atoms in total. The number of rotatable bonds is 5. The molecule has 0 atom stereocenters. The molecule has 16 heavy (non-hydrogen) atoms. The van der Waals surface area contributed by atoms with Gasteiger partial charge < -0.3 is 14.7 Å². The van der Waals surface area contributed by atoms with Crippen molar-refractivity contribution in [2.75, 3.05) is 25.7 Å². The van der Waals surface area contributed by atoms with Crippen LogP contribution in [0.2, 0.25) is 0 Å². The van der Waals surface area contributed by atoms with E-state index in [2.05, 4.69) is 18.7 Å². The molecule has 0 fully saturated rings. The third-order valence-electron chi connectivity index (χ3n) is 3.07. The molecule has 1 aromatic rings. The average molecular weight is 223 g/mol. The predicted octanol–water partition coefficient (Wildman–Crippen LogP) is 2.29. The van der Waals surface area contributed by atoms with E-state index in [4.69, 9.17) is 9.84 Å². The van der Waals surface area contributed by atoms with Crippen LogP contribution in [0.4, 0.5) is 5.69 Å². The van der Waals surface area contributed by atoms with Gasteiger partial charge in [-0.2, -0.15) is 0 Å². The number of aliphatic hydroxyl groups excluding tert-OH is 1. The molecular weight excluding hydrogens is 202 g/mol. The molecule has 0 amide bonds. The van der Waals surface area contributed by atoms with Crippen molar-refractivity contribution in [1.29, 1.82) is 0 Å². The summed E-state index contributed by atoms with van der Waals surface area (Å²) in [6.07, 6.45) is 0.737. The third-order valence-corrected chi connectivity index (χ3v) is 3.07. The summed E-state index contributed by atoms with van der Waals surface area (Å²) in [4.78, 5) is 2.16. The third kappa shape index (κ3) is 2.89. The van der Waals surface area contributed by atoms with Gasteiger partial charge in [0.1, 0.15) is 5.75 Å². The fraction of sp³-hybridized carbons (Fsp3) is 0.538. The minimum absolute atomic E-state index is 0.0683. The number of benzene rings is 1. The molecule has 0 unspecified atom stereocenters. The van der Waals surface area contributed by atoms with Crippen molar-refractivity contribution in [2.24, 2.45) is 0 Å². The Morgan fingerprint density at radius 2 is 2.06 bits per heavy atom. The van der Waals surface area contributed by atoms with Gasteiger partial charge in [-0.3, -0.25) is 0 Å². The van der Waals surface area contributed by atoms with E-state index in [0.717, 1.165) is 17.9 Å². The number of aliphatic hydroxyl groups is 1. The van der Waals surface area contributed by atoms with Gasteiger partial charge >= 0.3 is 0 Å². The molecular formula is C13H21NO2. The number of nitrogens with zero attached hydrogens (tertiary/aromatic N) is 1. The van der Waals surface area contributed by atoms with Crippen LogP contribution in [-0.4, -0.2) is 31.4 Å². The molecule has 90 valence electrons. The molecule has 0 heterocycles. The molecule has 0 aliphatic heterocycles. The zero-order valence-corrected chi connectivity index (χ0v) is 10.5. The van der Waals surface area contributed by atoms with Gasteiger partial charge in [0.05, 0.1) is 7.11 Å². The number of methoxy groups -OCH3 is 1. The van der Waals surface area contributed by atoms with Crippen LogP contribution in [-0.2, 0) is 0 Å². The first kappa shape index (κ1) is 12.8. The largest absolute Gasteiger partial charge is 0.497 e. The molecule has 1 N–H and O–H groups in total. The summed E-state index contributed by atoms with van der Waals surface area (Å²) in [5.74, 6) is 0.851. The Balaban J connectivity index is 2.90. The van der Waals surface area contributed by atoms with E-state index < -0.39 is 0 Å². The van der Waals surface area contributed by atoms with E-state index in [9.17, 15) is 0 Å². The van der Waals surface area contributed by atoms with Gasteiger partial charge in [0.25, 0.3) is 0 Å². The topological polar surface area (TPSA) is 32.7 Å². The van der Waals surface area contributed by atoms with E-state index in [0.29, 0.717) is 0 Å². The SMILES string of the molecule is COc1cccc(N(C)C(C)(C)CCO)c1. The van der Waals surface area contributed by atoms with Crippen molar-refractivity contribution >= 4 is 5.69 Å². The number of anilines is 1. The number of ether oxygens (including phenoxy) is 1. The molecule has 0 saturated heterocycles. The second-order valence-electron chi connectivity index (χ2n) is 4.55. The van der Waals surface area contributed by atoms with Crippen LogP contribution in [0.15, 0.2) is 24.3 Å². The highest BCUT2D eigenvalue weighted by Crippen LogP contribution is 2.27. The van der Waals surface area contributed by atoms with Gasteiger partial charge in [0, 0.05) is 30.9 Å². The molecule has 0 spiro atoms. The molecule has 0 aliphatic carbocycles. The van der Waals surface area contributed by atoms with E-state index >= 15 is 0 Å². The quantitative estimate of drug-likeness (QED) is 0.831. The maximum absolute atomic E-state index is 9.05. The van der Waals surface area contributed by atoms with Crippen LogP contribution >= 0.6 is 0 Å². The molecule has 0 saturated carbocycles. The first-order chi connectivity index (χ1) is 7.51. The Labute approximate surface area is 97.7 Å². The Morgan fingerprint density at radius 3 is 2.62 bits per heavy atom. The highest BCUT2D eigenvalue weighted by molar-refractivity contribution is 5.51. The standard InChI is InChI=1S/C13H21NO2/c1-13(2,8-9-15)14(3)11-6-5-7-12(10-11)16-4/h5-7,10,15H,8-9H2,1-4H3. The minimum atomic E-state index is -0.0683. The van der Waals surface area contributed by atoms with Crippen molar-refractivity contribution in [2.45, 2.75) is 25.8 Å². The Bertz CT molecular complexity index is 336. The molecule has 0 radical (unpaired) electrons. The number of hydrogen-bond donors (Lipinski definition) is 1. The summed E-state index contributed by atoms with van der Waals surface area (Å²) in [6, 6.07) is 7.94. The van der Waals surface area contributed by atoms with Crippen LogP contribution < -0.4 is 9.64 Å². The molecule has 1 aromatic carbocycles. The zero-order valence-electron chi connectivity index (χ0n) is 10.5. The molecule has 1 rings (SSSR count). The molecule has 3 heteroatoms. The maximum Gasteiger partial charge on any atom is 0.120 e. The van der Waals surface area contributed by atoms with Crippen molar-refractivity contribution < 1.29 is 9.84 Å². The van der Waals surface area contributed by atoms with E-state index in [1.807, 2.05) is 31.3 Å². The fourth-order valence-corrected chi connectivity index (χ4v) is 1.61. The summed E-state index contributed by atoms with van der Waals surface area (Å²) in [6.45, 7) is 4.42. The van der Waals surface area contributed by atoms with E-state index in [-0.39, 0.29) is 12.1 Å². The van der Waals surface area contributed by atoms with Gasteiger partial charge in [-0.1, -0.05) is 6.07 Å². The monoisotopic (exact) mass is 223 g/mol. The summed E-state index contributed by atoms with van der Waals surface area (Å²) in [5, 5.41) is 9.05. The molecule has 0 aliphatic rings. The summed E-state index contributed by atoms with van der Waals surface area (Å²) in [5.41, 5.74) is 1.03. The first-order valence-corrected chi connectivity index (χ1v) is 5.50. The second-order valence-corrected chi connectivity index (χ2v) is 4.55. The summed E-state index contributed by atoms with van der Waals surface area (Å²) in [7, 11) is 3.70. The second kappa shape index (κ2) is 5.21. The lowest BCUT2D eigenvalue weighted by molar-refractivity contribution is 0.250. The van der Waals surface area contributed by atoms with Gasteiger partial charge in [0.2, 0.25) is 0 Å². The fourth-order valence-electron chi connectivity index (χ4n) is 1.61. The van der Waals surface area contributed by atoms with Crippen molar-refractivity contribution in [3.8, 4) is 5.75 Å². The van der Waals surface area contributed by atoms with Gasteiger partial charge in [-0.15, -0.1) is 0 Å². The van der Waals surface area contributed by atoms with Gasteiger partial charge in [-0.05, 0) is 32.4 Å². The average Bonchev–Trinajstić information content (AvgIpc) is 2.28. The molecule has 0 bridgehead atoms. The van der Waals surface area contributed by atoms with Crippen molar-refractivity contribution in [3.63, 3.8) is 0 Å². The van der Waals surface area contributed by atoms with Crippen LogP contribution in [0.25, 0.3) is 0 Å². The lowest BCUT2D eigenvalue weighted by Crippen LogP contribution is -2.41. The zero-order chi connectivity index (χ0) is 12.2. The Morgan fingerprint density at radius 1 is 1.38 bits per heavy atom. The normalized spacial score (nSPS) is 11.3. The highest BCUT2D eigenvalue weighted by Gasteiger charge is 2.23. The minimum Gasteiger partial charge on any atom is -0.497 e. The van der Waals surface area contributed by atoms with Gasteiger partial charge in [-0.25, -0.2) is 0 Å². The van der Waals surface area contributed by atoms with Crippen LogP contribution in [0.3, 0.4) is 0 Å². The van der Waals surface area contributed by atoms with E-state index in [1.54, 1.807) is 7.11 Å². The molecule has 0 aromatic heterocycles. The van der Waals surface area contributed by atoms with Crippen molar-refractivity contribution in [3.05, 3.63) is 24.3 Å².